The minimum atomic E-state index is -1.28. The number of carbonyl (C=O) groups is 4. The summed E-state index contributed by atoms with van der Waals surface area (Å²) in [6.45, 7) is 12.0. The highest BCUT2D eigenvalue weighted by atomic mass is 16.6. The molecule has 0 atom stereocenters. The van der Waals surface area contributed by atoms with Crippen LogP contribution in [0.3, 0.4) is 0 Å². The first-order valence-electron chi connectivity index (χ1n) is 34.4. The molecule has 0 spiro atoms. The Labute approximate surface area is 602 Å². The number of ether oxygens (including phenoxy) is 10. The number of benzene rings is 10. The molecule has 0 aliphatic carbocycles. The predicted molar refractivity (Wildman–Crippen MR) is 390 cm³/mol. The summed E-state index contributed by atoms with van der Waals surface area (Å²) in [4.78, 5) is 44.2. The van der Waals surface area contributed by atoms with Crippen LogP contribution in [0.25, 0.3) is 22.3 Å². The number of aliphatic hydroxyl groups is 1. The first-order valence-corrected chi connectivity index (χ1v) is 34.4. The summed E-state index contributed by atoms with van der Waals surface area (Å²) in [5.74, 6) is 1.99. The van der Waals surface area contributed by atoms with Gasteiger partial charge in [0, 0.05) is 17.1 Å². The Kier molecular flexibility index (Phi) is 26.1. The maximum atomic E-state index is 11.9. The van der Waals surface area contributed by atoms with Crippen molar-refractivity contribution in [1.82, 2.24) is 0 Å². The van der Waals surface area contributed by atoms with Gasteiger partial charge >= 0.3 is 17.9 Å². The Bertz CT molecular complexity index is 4330. The average molecular weight is 1390 g/mol. The van der Waals surface area contributed by atoms with Gasteiger partial charge in [0.2, 0.25) is 0 Å². The van der Waals surface area contributed by atoms with Gasteiger partial charge < -0.3 is 67.3 Å². The smallest absolute Gasteiger partial charge is 0.314 e. The first-order chi connectivity index (χ1) is 50.2. The minimum absolute atomic E-state index is 0.0158. The third-order valence-electron chi connectivity index (χ3n) is 18.4. The second-order valence-corrected chi connectivity index (χ2v) is 24.7. The van der Waals surface area contributed by atoms with Crippen LogP contribution in [-0.2, 0) is 89.0 Å². The van der Waals surface area contributed by atoms with Crippen LogP contribution >= 0.6 is 0 Å². The van der Waals surface area contributed by atoms with Crippen LogP contribution in [0, 0.1) is 0 Å². The van der Waals surface area contributed by atoms with Crippen molar-refractivity contribution < 1.29 is 81.7 Å². The van der Waals surface area contributed by atoms with E-state index >= 15 is 0 Å². The summed E-state index contributed by atoms with van der Waals surface area (Å²) in [6.07, 6.45) is -0.0585. The lowest BCUT2D eigenvalue weighted by Gasteiger charge is -2.36. The van der Waals surface area contributed by atoms with E-state index in [1.807, 2.05) is 158 Å². The van der Waals surface area contributed by atoms with Crippen molar-refractivity contribution in [3.8, 4) is 56.8 Å². The van der Waals surface area contributed by atoms with E-state index in [1.165, 1.54) is 19.6 Å². The van der Waals surface area contributed by atoms with Gasteiger partial charge in [0.25, 0.3) is 0 Å². The number of cyclic esters (lactones) is 2. The molecule has 0 unspecified atom stereocenters. The van der Waals surface area contributed by atoms with E-state index in [-0.39, 0.29) is 38.9 Å². The van der Waals surface area contributed by atoms with Crippen molar-refractivity contribution >= 4 is 23.9 Å². The molecule has 532 valence electrons. The zero-order valence-electron chi connectivity index (χ0n) is 59.2. The molecule has 1 fully saturated rings. The molecule has 3 aliphatic heterocycles. The molecule has 17 nitrogen and oxygen atoms in total. The highest BCUT2D eigenvalue weighted by Crippen LogP contribution is 2.46. The summed E-state index contributed by atoms with van der Waals surface area (Å²) in [5.41, 5.74) is 13.8. The van der Waals surface area contributed by atoms with Crippen molar-refractivity contribution in [3.05, 3.63) is 297 Å². The van der Waals surface area contributed by atoms with Crippen LogP contribution in [-0.4, -0.2) is 77.1 Å². The van der Waals surface area contributed by atoms with Crippen molar-refractivity contribution in [2.45, 2.75) is 97.3 Å². The second kappa shape index (κ2) is 36.0. The maximum Gasteiger partial charge on any atom is 0.314 e. The lowest BCUT2D eigenvalue weighted by molar-refractivity contribution is -0.894. The predicted octanol–water partition coefficient (Wildman–Crippen LogP) is 13.4. The van der Waals surface area contributed by atoms with Crippen LogP contribution in [0.4, 0.5) is 0 Å². The van der Waals surface area contributed by atoms with Crippen LogP contribution in [0.2, 0.25) is 0 Å². The lowest BCUT2D eigenvalue weighted by atomic mass is 9.80. The fourth-order valence-corrected chi connectivity index (χ4v) is 12.7. The van der Waals surface area contributed by atoms with Crippen molar-refractivity contribution in [2.24, 2.45) is 0 Å². The fourth-order valence-electron chi connectivity index (χ4n) is 12.7. The van der Waals surface area contributed by atoms with Crippen LogP contribution in [0.5, 0.6) is 34.5 Å². The molecule has 10 aromatic rings. The van der Waals surface area contributed by atoms with Gasteiger partial charge in [-0.15, -0.1) is 0 Å². The molecule has 103 heavy (non-hydrogen) atoms. The third kappa shape index (κ3) is 18.4. The third-order valence-corrected chi connectivity index (χ3v) is 18.4. The van der Waals surface area contributed by atoms with Crippen LogP contribution < -0.4 is 38.4 Å². The van der Waals surface area contributed by atoms with Gasteiger partial charge in [-0.25, -0.2) is 0 Å². The monoisotopic (exact) mass is 1390 g/mol. The van der Waals surface area contributed by atoms with Gasteiger partial charge in [0.15, 0.2) is 0 Å². The Morgan fingerprint density at radius 2 is 0.767 bits per heavy atom. The molecular weight excluding hydrogens is 1300 g/mol. The van der Waals surface area contributed by atoms with Crippen molar-refractivity contribution in [3.63, 3.8) is 0 Å². The van der Waals surface area contributed by atoms with E-state index < -0.39 is 35.1 Å². The number of nitrogens with one attached hydrogen (secondary N) is 1. The lowest BCUT2D eigenvalue weighted by Crippen LogP contribution is -3.11. The van der Waals surface area contributed by atoms with E-state index in [4.69, 9.17) is 42.6 Å². The quantitative estimate of drug-likeness (QED) is 0.0310. The maximum absolute atomic E-state index is 11.9. The van der Waals surface area contributed by atoms with Gasteiger partial charge in [0.05, 0.1) is 87.2 Å². The van der Waals surface area contributed by atoms with Gasteiger partial charge in [-0.3, -0.25) is 14.4 Å². The minimum Gasteiger partial charge on any atom is -0.550 e. The summed E-state index contributed by atoms with van der Waals surface area (Å²) in [6, 6.07) is 76.6. The molecule has 3 heterocycles. The van der Waals surface area contributed by atoms with E-state index in [0.717, 1.165) is 124 Å². The standard InChI is InChI=1S/C40H36O8.C36H32O5.C6H15N.C4H4O3/c1-44-33-14-10-31(11-15-33)40(30-6-4-3-5-7-30,32-12-16-34(45-2)17-13-32)48-25-28-9-19-36-35-18-8-27(22-29(35)26-46-37(36)23-28)24-47-39(43)21-20-38(41)42;1-38-31-14-10-29(11-15-31)36(28-6-4-3-5-7-28,30-12-16-32(39-2)17-13-30)41-23-26-9-19-34-33-18-8-25(22-37)20-27(33)24-40-35(34)21-26;1-4-7(5-2)6-3;5-3-1-2-4(6)7-3/h3-19,22-23H,20-21,24-26H2,1-2H3,(H,41,42);3-21,37H,22-24H2,1-2H3;4-6H2,1-3H3;1-2H2. The number of aliphatic hydroxyl groups excluding tert-OH is 1. The molecule has 13 rings (SSSR count). The fraction of sp³-hybridized carbons (Fsp3) is 0.256. The highest BCUT2D eigenvalue weighted by molar-refractivity contribution is 5.92. The number of esters is 3. The van der Waals surface area contributed by atoms with E-state index in [2.05, 4.69) is 98.3 Å². The molecule has 0 saturated carbocycles. The second-order valence-electron chi connectivity index (χ2n) is 24.7. The van der Waals surface area contributed by atoms with Crippen LogP contribution in [0.15, 0.2) is 231 Å². The Morgan fingerprint density at radius 1 is 0.427 bits per heavy atom. The largest absolute Gasteiger partial charge is 0.550 e. The number of fused-ring (bicyclic) bond motifs is 6. The number of carbonyl (C=O) groups excluding carboxylic acids is 4. The van der Waals surface area contributed by atoms with Crippen molar-refractivity contribution in [2.75, 3.05) is 48.1 Å². The Hall–Kier alpha value is -11.1. The van der Waals surface area contributed by atoms with Gasteiger partial charge in [-0.1, -0.05) is 158 Å². The number of rotatable bonds is 25. The summed E-state index contributed by atoms with van der Waals surface area (Å²) in [5, 5.41) is 20.1. The van der Waals surface area contributed by atoms with Crippen molar-refractivity contribution in [1.29, 1.82) is 0 Å². The molecule has 3 aliphatic rings. The summed E-state index contributed by atoms with van der Waals surface area (Å²) < 4.78 is 57.6. The number of methoxy groups -OCH3 is 4. The SMILES string of the molecule is CC[NH+](CC)CC.COc1ccc(C(OCc2ccc3c(c2)OCc2cc(CO)ccc2-3)(c2ccccc2)c2ccc(OC)cc2)cc1.COc1ccc(C(OCc2ccc3c(c2)OCc2cc(COC(=O)CCC(=O)[O-])ccc2-3)(c2ccccc2)c2ccc(OC)cc2)cc1.O=C1CCC(=O)O1. The highest BCUT2D eigenvalue weighted by Gasteiger charge is 2.40. The number of hydrogen-bond donors (Lipinski definition) is 2. The molecule has 0 amide bonds. The molecular formula is C86H87NO16. The van der Waals surface area contributed by atoms with Gasteiger partial charge in [0.1, 0.15) is 65.5 Å². The zero-order chi connectivity index (χ0) is 72.7. The molecule has 0 radical (unpaired) electrons. The molecule has 17 heteroatoms. The summed E-state index contributed by atoms with van der Waals surface area (Å²) >= 11 is 0. The van der Waals surface area contributed by atoms with Crippen LogP contribution in [0.1, 0.15) is 113 Å². The van der Waals surface area contributed by atoms with E-state index in [9.17, 15) is 29.4 Å². The topological polar surface area (TPSA) is 208 Å². The molecule has 1 saturated heterocycles. The van der Waals surface area contributed by atoms with E-state index in [1.54, 1.807) is 33.3 Å². The Balaban J connectivity index is 0.000000187. The molecule has 0 aromatic heterocycles. The summed E-state index contributed by atoms with van der Waals surface area (Å²) in [7, 11) is 6.64. The number of hydrogen-bond acceptors (Lipinski definition) is 16. The van der Waals surface area contributed by atoms with Gasteiger partial charge in [-0.2, -0.15) is 0 Å². The Morgan fingerprint density at radius 3 is 1.09 bits per heavy atom. The first kappa shape index (κ1) is 74.6. The zero-order valence-corrected chi connectivity index (χ0v) is 59.2. The van der Waals surface area contributed by atoms with E-state index in [0.29, 0.717) is 26.4 Å². The molecule has 0 bridgehead atoms. The number of quaternary nitrogens is 1. The molecule has 10 aromatic carbocycles. The number of carboxylic acid groups (broad SMARTS) is 1. The normalized spacial score (nSPS) is 12.4. The van der Waals surface area contributed by atoms with Gasteiger partial charge in [-0.05, 0) is 178 Å². The average Bonchev–Trinajstić information content (AvgIpc) is 1.04. The number of aliphatic carboxylic acids is 1. The number of carboxylic acids is 1. The molecule has 2 N–H and O–H groups in total.